The maximum atomic E-state index is 11.8. The first kappa shape index (κ1) is 15.2. The first-order valence-corrected chi connectivity index (χ1v) is 6.87. The number of nitrogens with zero attached hydrogens (tertiary/aromatic N) is 3. The summed E-state index contributed by atoms with van der Waals surface area (Å²) in [5, 5.41) is 0. The minimum absolute atomic E-state index is 0.0806. The second-order valence-electron chi connectivity index (χ2n) is 4.91. The maximum absolute atomic E-state index is 11.8. The molecule has 0 aromatic carbocycles. The molecule has 2 amide bonds. The summed E-state index contributed by atoms with van der Waals surface area (Å²) in [6.07, 6.45) is 2.07. The Morgan fingerprint density at radius 3 is 2.28 bits per heavy atom. The van der Waals surface area contributed by atoms with Crippen molar-refractivity contribution in [1.82, 2.24) is 14.7 Å². The molecule has 1 heterocycles. The van der Waals surface area contributed by atoms with Gasteiger partial charge in [0, 0.05) is 40.3 Å². The summed E-state index contributed by atoms with van der Waals surface area (Å²) in [5.41, 5.74) is 5.80. The van der Waals surface area contributed by atoms with E-state index in [2.05, 4.69) is 11.8 Å². The van der Waals surface area contributed by atoms with Gasteiger partial charge in [-0.05, 0) is 6.42 Å². The van der Waals surface area contributed by atoms with Gasteiger partial charge in [0.05, 0.1) is 11.0 Å². The minimum Gasteiger partial charge on any atom is -0.392 e. The number of thiocarbonyl (C=S) groups is 1. The number of urea groups is 1. The lowest BCUT2D eigenvalue weighted by molar-refractivity contribution is 0.111. The van der Waals surface area contributed by atoms with E-state index in [1.165, 1.54) is 0 Å². The Bertz CT molecular complexity index is 300. The fourth-order valence-corrected chi connectivity index (χ4v) is 2.55. The quantitative estimate of drug-likeness (QED) is 0.767. The van der Waals surface area contributed by atoms with Crippen LogP contribution >= 0.6 is 12.2 Å². The van der Waals surface area contributed by atoms with Gasteiger partial charge < -0.3 is 15.5 Å². The summed E-state index contributed by atoms with van der Waals surface area (Å²) >= 11 is 5.13. The van der Waals surface area contributed by atoms with Crippen LogP contribution in [0.15, 0.2) is 0 Å². The van der Waals surface area contributed by atoms with Crippen LogP contribution in [0.3, 0.4) is 0 Å². The zero-order valence-corrected chi connectivity index (χ0v) is 12.4. The second-order valence-corrected chi connectivity index (χ2v) is 5.38. The molecule has 2 N–H and O–H groups in total. The Morgan fingerprint density at radius 1 is 1.33 bits per heavy atom. The molecule has 1 fully saturated rings. The lowest BCUT2D eigenvalue weighted by Crippen LogP contribution is -2.56. The summed E-state index contributed by atoms with van der Waals surface area (Å²) in [5.74, 6) is 0. The number of hydrogen-bond donors (Lipinski definition) is 1. The SMILES string of the molecule is CCCC(C(N)=S)N1CCN(C(=O)N(C)C)CC1. The fourth-order valence-electron chi connectivity index (χ4n) is 2.29. The maximum Gasteiger partial charge on any atom is 0.319 e. The molecule has 104 valence electrons. The van der Waals surface area contributed by atoms with Gasteiger partial charge in [-0.25, -0.2) is 4.79 Å². The van der Waals surface area contributed by atoms with Crippen molar-refractivity contribution in [3.05, 3.63) is 0 Å². The van der Waals surface area contributed by atoms with Gasteiger partial charge in [0.15, 0.2) is 0 Å². The molecule has 0 aromatic rings. The molecule has 0 aliphatic carbocycles. The molecular weight excluding hydrogens is 248 g/mol. The zero-order valence-electron chi connectivity index (χ0n) is 11.6. The van der Waals surface area contributed by atoms with Crippen LogP contribution in [0.25, 0.3) is 0 Å². The highest BCUT2D eigenvalue weighted by molar-refractivity contribution is 7.80. The van der Waals surface area contributed by atoms with Crippen molar-refractivity contribution in [3.63, 3.8) is 0 Å². The molecule has 1 unspecified atom stereocenters. The van der Waals surface area contributed by atoms with Crippen LogP contribution in [-0.2, 0) is 0 Å². The monoisotopic (exact) mass is 272 g/mol. The van der Waals surface area contributed by atoms with Crippen LogP contribution in [-0.4, -0.2) is 72.0 Å². The van der Waals surface area contributed by atoms with Crippen molar-refractivity contribution in [2.75, 3.05) is 40.3 Å². The van der Waals surface area contributed by atoms with E-state index in [-0.39, 0.29) is 12.1 Å². The van der Waals surface area contributed by atoms with E-state index < -0.39 is 0 Å². The van der Waals surface area contributed by atoms with Gasteiger partial charge in [0.1, 0.15) is 0 Å². The van der Waals surface area contributed by atoms with Crippen LogP contribution in [0, 0.1) is 0 Å². The van der Waals surface area contributed by atoms with E-state index in [1.807, 2.05) is 4.90 Å². The smallest absolute Gasteiger partial charge is 0.319 e. The third kappa shape index (κ3) is 3.81. The highest BCUT2D eigenvalue weighted by Gasteiger charge is 2.27. The predicted octanol–water partition coefficient (Wildman–Crippen LogP) is 0.740. The standard InChI is InChI=1S/C12H24N4OS/c1-4-5-10(11(13)18)15-6-8-16(9-7-15)12(17)14(2)3/h10H,4-9H2,1-3H3,(H2,13,18). The van der Waals surface area contributed by atoms with Gasteiger partial charge in [0.25, 0.3) is 0 Å². The topological polar surface area (TPSA) is 52.8 Å². The normalized spacial score (nSPS) is 18.5. The van der Waals surface area contributed by atoms with Gasteiger partial charge >= 0.3 is 6.03 Å². The average molecular weight is 272 g/mol. The van der Waals surface area contributed by atoms with Gasteiger partial charge in [0.2, 0.25) is 0 Å². The van der Waals surface area contributed by atoms with E-state index in [1.54, 1.807) is 19.0 Å². The Kier molecular flexibility index (Phi) is 5.81. The summed E-state index contributed by atoms with van der Waals surface area (Å²) < 4.78 is 0. The van der Waals surface area contributed by atoms with Crippen LogP contribution in [0.4, 0.5) is 4.79 Å². The first-order chi connectivity index (χ1) is 8.47. The number of carbonyl (C=O) groups is 1. The Balaban J connectivity index is 2.52. The van der Waals surface area contributed by atoms with E-state index >= 15 is 0 Å². The molecule has 0 saturated carbocycles. The van der Waals surface area contributed by atoms with Crippen molar-refractivity contribution in [2.24, 2.45) is 5.73 Å². The molecule has 1 aliphatic heterocycles. The number of nitrogens with two attached hydrogens (primary N) is 1. The summed E-state index contributed by atoms with van der Waals surface area (Å²) in [6.45, 7) is 5.33. The summed E-state index contributed by atoms with van der Waals surface area (Å²) in [7, 11) is 3.56. The number of amides is 2. The third-order valence-corrected chi connectivity index (χ3v) is 3.57. The van der Waals surface area contributed by atoms with Gasteiger partial charge in [-0.2, -0.15) is 0 Å². The first-order valence-electron chi connectivity index (χ1n) is 6.47. The predicted molar refractivity (Wildman–Crippen MR) is 77.7 cm³/mol. The van der Waals surface area contributed by atoms with E-state index in [0.29, 0.717) is 4.99 Å². The van der Waals surface area contributed by atoms with E-state index in [0.717, 1.165) is 39.0 Å². The molecule has 1 aliphatic rings. The van der Waals surface area contributed by atoms with Crippen molar-refractivity contribution in [2.45, 2.75) is 25.8 Å². The highest BCUT2D eigenvalue weighted by atomic mass is 32.1. The molecule has 5 nitrogen and oxygen atoms in total. The average Bonchev–Trinajstić information content (AvgIpc) is 2.35. The molecule has 0 radical (unpaired) electrons. The number of carbonyl (C=O) groups excluding carboxylic acids is 1. The molecule has 1 saturated heterocycles. The Hall–Kier alpha value is -0.880. The molecule has 0 spiro atoms. The van der Waals surface area contributed by atoms with E-state index in [4.69, 9.17) is 18.0 Å². The molecule has 6 heteroatoms. The molecule has 0 aromatic heterocycles. The molecule has 18 heavy (non-hydrogen) atoms. The summed E-state index contributed by atoms with van der Waals surface area (Å²) in [6, 6.07) is 0.263. The Labute approximate surface area is 115 Å². The van der Waals surface area contributed by atoms with Gasteiger partial charge in [-0.3, -0.25) is 4.90 Å². The van der Waals surface area contributed by atoms with Crippen LogP contribution < -0.4 is 5.73 Å². The lowest BCUT2D eigenvalue weighted by Gasteiger charge is -2.39. The number of hydrogen-bond acceptors (Lipinski definition) is 3. The van der Waals surface area contributed by atoms with Crippen molar-refractivity contribution in [1.29, 1.82) is 0 Å². The summed E-state index contributed by atoms with van der Waals surface area (Å²) in [4.78, 5) is 18.2. The van der Waals surface area contributed by atoms with Gasteiger partial charge in [-0.15, -0.1) is 0 Å². The van der Waals surface area contributed by atoms with Crippen LogP contribution in [0.5, 0.6) is 0 Å². The third-order valence-electron chi connectivity index (χ3n) is 3.30. The lowest BCUT2D eigenvalue weighted by atomic mass is 10.1. The number of piperazine rings is 1. The molecule has 1 atom stereocenters. The Morgan fingerprint density at radius 2 is 1.89 bits per heavy atom. The van der Waals surface area contributed by atoms with Crippen molar-refractivity contribution >= 4 is 23.2 Å². The highest BCUT2D eigenvalue weighted by Crippen LogP contribution is 2.12. The molecule has 0 bridgehead atoms. The van der Waals surface area contributed by atoms with Crippen LogP contribution in [0.1, 0.15) is 19.8 Å². The largest absolute Gasteiger partial charge is 0.392 e. The van der Waals surface area contributed by atoms with Crippen molar-refractivity contribution < 1.29 is 4.79 Å². The van der Waals surface area contributed by atoms with Crippen molar-refractivity contribution in [3.8, 4) is 0 Å². The molecular formula is C12H24N4OS. The van der Waals surface area contributed by atoms with E-state index in [9.17, 15) is 4.79 Å². The van der Waals surface area contributed by atoms with Gasteiger partial charge in [-0.1, -0.05) is 25.6 Å². The molecule has 1 rings (SSSR count). The zero-order chi connectivity index (χ0) is 13.7. The number of rotatable bonds is 4. The second kappa shape index (κ2) is 6.89. The minimum atomic E-state index is 0.0806. The fraction of sp³-hybridized carbons (Fsp3) is 0.833. The van der Waals surface area contributed by atoms with Crippen LogP contribution in [0.2, 0.25) is 0 Å².